The molecule has 1 aromatic carbocycles. The van der Waals surface area contributed by atoms with Gasteiger partial charge >= 0.3 is 0 Å². The Kier molecular flexibility index (Phi) is 4.74. The van der Waals surface area contributed by atoms with Crippen LogP contribution in [0.25, 0.3) is 10.9 Å². The number of benzene rings is 1. The van der Waals surface area contributed by atoms with Crippen molar-refractivity contribution in [3.63, 3.8) is 0 Å². The Morgan fingerprint density at radius 3 is 3.00 bits per heavy atom. The zero-order chi connectivity index (χ0) is 18.1. The number of ketones is 1. The van der Waals surface area contributed by atoms with Gasteiger partial charge in [-0.3, -0.25) is 9.69 Å². The lowest BCUT2D eigenvalue weighted by molar-refractivity contribution is 0.0796. The molecular formula is C20H21ClN4O. The second-order valence-electron chi connectivity index (χ2n) is 6.91. The number of Topliss-reactive ketones (excluding diaryl/α,β-unsaturated/α-hetero) is 1. The number of para-hydroxylation sites is 1. The molecule has 1 saturated heterocycles. The molecule has 5 nitrogen and oxygen atoms in total. The van der Waals surface area contributed by atoms with Crippen LogP contribution in [0.3, 0.4) is 0 Å². The van der Waals surface area contributed by atoms with E-state index in [0.29, 0.717) is 10.8 Å². The molecule has 1 atom stereocenters. The third-order valence-corrected chi connectivity index (χ3v) is 5.34. The second-order valence-corrected chi connectivity index (χ2v) is 7.32. The highest BCUT2D eigenvalue weighted by Crippen LogP contribution is 2.24. The van der Waals surface area contributed by atoms with Crippen LogP contribution in [0.2, 0.25) is 5.02 Å². The molecule has 4 rings (SSSR count). The van der Waals surface area contributed by atoms with Crippen LogP contribution in [0.5, 0.6) is 0 Å². The number of hydrogen-bond donors (Lipinski definition) is 0. The molecular weight excluding hydrogens is 348 g/mol. The van der Waals surface area contributed by atoms with Crippen molar-refractivity contribution in [2.45, 2.75) is 19.4 Å². The van der Waals surface area contributed by atoms with E-state index in [0.717, 1.165) is 49.1 Å². The fourth-order valence-electron chi connectivity index (χ4n) is 3.67. The predicted molar refractivity (Wildman–Crippen MR) is 102 cm³/mol. The largest absolute Gasteiger partial charge is 0.332 e. The lowest BCUT2D eigenvalue weighted by atomic mass is 9.93. The van der Waals surface area contributed by atoms with Gasteiger partial charge in [-0.1, -0.05) is 29.8 Å². The molecule has 0 N–H and O–H groups in total. The van der Waals surface area contributed by atoms with E-state index < -0.39 is 0 Å². The molecule has 0 bridgehead atoms. The van der Waals surface area contributed by atoms with Crippen LogP contribution in [0.4, 0.5) is 0 Å². The number of nitrogens with zero attached hydrogens (tertiary/aromatic N) is 4. The van der Waals surface area contributed by atoms with Gasteiger partial charge < -0.3 is 4.57 Å². The second kappa shape index (κ2) is 7.17. The number of hydrogen-bond acceptors (Lipinski definition) is 4. The molecule has 0 saturated carbocycles. The average Bonchev–Trinajstić information content (AvgIpc) is 3.08. The molecule has 1 fully saturated rings. The molecule has 0 radical (unpaired) electrons. The number of pyridine rings is 1. The summed E-state index contributed by atoms with van der Waals surface area (Å²) in [6.07, 6.45) is 5.42. The van der Waals surface area contributed by atoms with Crippen molar-refractivity contribution in [2.75, 3.05) is 13.1 Å². The Morgan fingerprint density at radius 2 is 2.19 bits per heavy atom. The lowest BCUT2D eigenvalue weighted by Crippen LogP contribution is -2.39. The molecule has 134 valence electrons. The number of aromatic nitrogens is 3. The Bertz CT molecular complexity index is 952. The monoisotopic (exact) mass is 368 g/mol. The minimum Gasteiger partial charge on any atom is -0.332 e. The summed E-state index contributed by atoms with van der Waals surface area (Å²) < 4.78 is 1.80. The third-order valence-electron chi connectivity index (χ3n) is 5.03. The third kappa shape index (κ3) is 3.37. The van der Waals surface area contributed by atoms with Crippen molar-refractivity contribution in [1.29, 1.82) is 0 Å². The summed E-state index contributed by atoms with van der Waals surface area (Å²) in [6.45, 7) is 2.45. The number of imidazole rings is 1. The van der Waals surface area contributed by atoms with Gasteiger partial charge in [-0.2, -0.15) is 0 Å². The highest BCUT2D eigenvalue weighted by molar-refractivity contribution is 6.35. The van der Waals surface area contributed by atoms with E-state index >= 15 is 0 Å². The Hall–Kier alpha value is -2.24. The van der Waals surface area contributed by atoms with E-state index in [2.05, 4.69) is 16.0 Å². The van der Waals surface area contributed by atoms with Crippen LogP contribution in [0, 0.1) is 5.92 Å². The number of carbonyl (C=O) groups excluding carboxylic acids is 1. The maximum absolute atomic E-state index is 12.8. The van der Waals surface area contributed by atoms with Gasteiger partial charge in [-0.05, 0) is 31.5 Å². The fraction of sp³-hybridized carbons (Fsp3) is 0.350. The quantitative estimate of drug-likeness (QED) is 0.658. The highest BCUT2D eigenvalue weighted by Gasteiger charge is 2.28. The Labute approximate surface area is 157 Å². The van der Waals surface area contributed by atoms with Gasteiger partial charge in [0.25, 0.3) is 0 Å². The van der Waals surface area contributed by atoms with Crippen LogP contribution < -0.4 is 0 Å². The molecule has 1 aliphatic rings. The summed E-state index contributed by atoms with van der Waals surface area (Å²) in [6, 6.07) is 9.92. The van der Waals surface area contributed by atoms with Crippen LogP contribution in [-0.4, -0.2) is 38.3 Å². The van der Waals surface area contributed by atoms with Crippen molar-refractivity contribution < 1.29 is 4.79 Å². The zero-order valence-corrected chi connectivity index (χ0v) is 15.5. The van der Waals surface area contributed by atoms with Crippen LogP contribution >= 0.6 is 11.6 Å². The van der Waals surface area contributed by atoms with Gasteiger partial charge in [0.05, 0.1) is 16.2 Å². The van der Waals surface area contributed by atoms with Gasteiger partial charge in [0, 0.05) is 43.8 Å². The SMILES string of the molecule is Cn1ccnc1C(=O)[C@H]1CCCN(Cc2ccc3cccc(Cl)c3n2)C1. The minimum atomic E-state index is -0.00565. The van der Waals surface area contributed by atoms with Crippen molar-refractivity contribution in [3.8, 4) is 0 Å². The van der Waals surface area contributed by atoms with E-state index in [1.807, 2.05) is 37.5 Å². The van der Waals surface area contributed by atoms with E-state index in [4.69, 9.17) is 16.6 Å². The zero-order valence-electron chi connectivity index (χ0n) is 14.7. The molecule has 3 heterocycles. The summed E-state index contributed by atoms with van der Waals surface area (Å²) in [4.78, 5) is 24.0. The first-order valence-electron chi connectivity index (χ1n) is 8.90. The summed E-state index contributed by atoms with van der Waals surface area (Å²) in [7, 11) is 1.86. The van der Waals surface area contributed by atoms with E-state index in [1.165, 1.54) is 0 Å². The van der Waals surface area contributed by atoms with Crippen LogP contribution in [-0.2, 0) is 13.6 Å². The number of likely N-dealkylation sites (tertiary alicyclic amines) is 1. The molecule has 26 heavy (non-hydrogen) atoms. The number of aryl methyl sites for hydroxylation is 1. The van der Waals surface area contributed by atoms with Gasteiger partial charge in [-0.25, -0.2) is 9.97 Å². The molecule has 3 aromatic rings. The lowest BCUT2D eigenvalue weighted by Gasteiger charge is -2.31. The average molecular weight is 369 g/mol. The molecule has 0 spiro atoms. The fourth-order valence-corrected chi connectivity index (χ4v) is 3.89. The van der Waals surface area contributed by atoms with Gasteiger partial charge in [0.1, 0.15) is 0 Å². The van der Waals surface area contributed by atoms with Crippen molar-refractivity contribution in [2.24, 2.45) is 13.0 Å². The normalized spacial score (nSPS) is 18.3. The molecule has 6 heteroatoms. The highest BCUT2D eigenvalue weighted by atomic mass is 35.5. The summed E-state index contributed by atoms with van der Waals surface area (Å²) in [5, 5.41) is 1.72. The molecule has 0 amide bonds. The maximum Gasteiger partial charge on any atom is 0.202 e. The van der Waals surface area contributed by atoms with Crippen molar-refractivity contribution in [1.82, 2.24) is 19.4 Å². The van der Waals surface area contributed by atoms with Crippen LogP contribution in [0.15, 0.2) is 42.7 Å². The number of rotatable bonds is 4. The minimum absolute atomic E-state index is 0.00565. The molecule has 0 unspecified atom stereocenters. The van der Waals surface area contributed by atoms with Gasteiger partial charge in [-0.15, -0.1) is 0 Å². The number of fused-ring (bicyclic) bond motifs is 1. The number of carbonyl (C=O) groups is 1. The van der Waals surface area contributed by atoms with E-state index in [1.54, 1.807) is 10.8 Å². The van der Waals surface area contributed by atoms with Crippen molar-refractivity contribution >= 4 is 28.3 Å². The van der Waals surface area contributed by atoms with E-state index in [9.17, 15) is 4.79 Å². The molecule has 2 aromatic heterocycles. The first-order chi connectivity index (χ1) is 12.6. The standard InChI is InChI=1S/C20H21ClN4O/c1-24-11-9-22-20(24)19(26)15-5-3-10-25(12-15)13-16-8-7-14-4-2-6-17(21)18(14)23-16/h2,4,6-9,11,15H,3,5,10,12-13H2,1H3/t15-/m0/s1. The van der Waals surface area contributed by atoms with Gasteiger partial charge in [0.15, 0.2) is 5.82 Å². The number of halogens is 1. The van der Waals surface area contributed by atoms with Gasteiger partial charge in [0.2, 0.25) is 5.78 Å². The van der Waals surface area contributed by atoms with Crippen molar-refractivity contribution in [3.05, 3.63) is 59.3 Å². The summed E-state index contributed by atoms with van der Waals surface area (Å²) in [5.41, 5.74) is 1.82. The first-order valence-corrected chi connectivity index (χ1v) is 9.27. The Morgan fingerprint density at radius 1 is 1.31 bits per heavy atom. The molecule has 0 aliphatic carbocycles. The summed E-state index contributed by atoms with van der Waals surface area (Å²) in [5.74, 6) is 0.679. The first kappa shape index (κ1) is 17.2. The smallest absolute Gasteiger partial charge is 0.202 e. The Balaban J connectivity index is 1.49. The van der Waals surface area contributed by atoms with Crippen LogP contribution in [0.1, 0.15) is 29.2 Å². The topological polar surface area (TPSA) is 51.0 Å². The summed E-state index contributed by atoms with van der Waals surface area (Å²) >= 11 is 6.28. The van der Waals surface area contributed by atoms with E-state index in [-0.39, 0.29) is 11.7 Å². The maximum atomic E-state index is 12.8. The number of piperidine rings is 1. The molecule has 1 aliphatic heterocycles. The predicted octanol–water partition coefficient (Wildman–Crippen LogP) is 3.72.